The Morgan fingerprint density at radius 2 is 2.23 bits per heavy atom. The Labute approximate surface area is 132 Å². The third kappa shape index (κ3) is 4.96. The Morgan fingerprint density at radius 3 is 2.91 bits per heavy atom. The van der Waals surface area contributed by atoms with Gasteiger partial charge in [0.25, 0.3) is 0 Å². The second-order valence-corrected chi connectivity index (χ2v) is 5.64. The molecule has 0 aliphatic carbocycles. The van der Waals surface area contributed by atoms with Gasteiger partial charge in [-0.15, -0.1) is 0 Å². The average molecular weight is 306 g/mol. The molecule has 22 heavy (non-hydrogen) atoms. The molecule has 1 aromatic rings. The molecule has 1 fully saturated rings. The van der Waals surface area contributed by atoms with Crippen molar-refractivity contribution in [2.75, 3.05) is 31.6 Å². The fourth-order valence-corrected chi connectivity index (χ4v) is 2.61. The van der Waals surface area contributed by atoms with Crippen molar-refractivity contribution in [3.8, 4) is 0 Å². The van der Waals surface area contributed by atoms with E-state index in [9.17, 15) is 4.79 Å². The molecule has 3 N–H and O–H groups in total. The molecular formula is C16H26N4O2. The van der Waals surface area contributed by atoms with Crippen LogP contribution in [0.5, 0.6) is 0 Å². The van der Waals surface area contributed by atoms with Crippen LogP contribution in [-0.4, -0.2) is 43.7 Å². The lowest BCUT2D eigenvalue weighted by Gasteiger charge is -2.27. The lowest BCUT2D eigenvalue weighted by atomic mass is 10.1. The predicted octanol–water partition coefficient (Wildman–Crippen LogP) is 1.05. The molecule has 0 radical (unpaired) electrons. The first-order valence-corrected chi connectivity index (χ1v) is 7.92. The van der Waals surface area contributed by atoms with Crippen LogP contribution >= 0.6 is 0 Å². The van der Waals surface area contributed by atoms with Gasteiger partial charge in [0.2, 0.25) is 5.91 Å². The number of carbonyl (C=O) groups excluding carboxylic acids is 1. The highest BCUT2D eigenvalue weighted by Gasteiger charge is 2.13. The molecule has 1 saturated heterocycles. The van der Waals surface area contributed by atoms with Gasteiger partial charge in [0, 0.05) is 39.5 Å². The predicted molar refractivity (Wildman–Crippen MR) is 86.6 cm³/mol. The lowest BCUT2D eigenvalue weighted by molar-refractivity contribution is -0.123. The zero-order valence-corrected chi connectivity index (χ0v) is 13.3. The maximum Gasteiger partial charge on any atom is 0.222 e. The summed E-state index contributed by atoms with van der Waals surface area (Å²) in [5.41, 5.74) is 6.58. The minimum atomic E-state index is -0.221. The first-order valence-electron chi connectivity index (χ1n) is 7.92. The van der Waals surface area contributed by atoms with Crippen LogP contribution in [0.15, 0.2) is 18.3 Å². The van der Waals surface area contributed by atoms with Crippen molar-refractivity contribution in [2.24, 2.45) is 5.73 Å². The van der Waals surface area contributed by atoms with Crippen molar-refractivity contribution in [3.05, 3.63) is 23.9 Å². The Bertz CT molecular complexity index is 471. The van der Waals surface area contributed by atoms with Crippen LogP contribution in [0.2, 0.25) is 0 Å². The van der Waals surface area contributed by atoms with Crippen molar-refractivity contribution in [2.45, 2.75) is 38.3 Å². The summed E-state index contributed by atoms with van der Waals surface area (Å²) < 4.78 is 5.12. The minimum absolute atomic E-state index is 0.0476. The normalized spacial score (nSPS) is 16.4. The second-order valence-electron chi connectivity index (χ2n) is 5.64. The number of hydrogen-bond donors (Lipinski definition) is 2. The Balaban J connectivity index is 1.86. The van der Waals surface area contributed by atoms with E-state index in [0.717, 1.165) is 24.5 Å². The molecule has 0 spiro atoms. The maximum atomic E-state index is 11.9. The van der Waals surface area contributed by atoms with Crippen molar-refractivity contribution in [3.63, 3.8) is 0 Å². The van der Waals surface area contributed by atoms with Gasteiger partial charge in [-0.1, -0.05) is 0 Å². The van der Waals surface area contributed by atoms with Crippen molar-refractivity contribution in [1.82, 2.24) is 10.3 Å². The van der Waals surface area contributed by atoms with E-state index < -0.39 is 0 Å². The SMILES string of the molecule is COC(CN)CC(=O)NCc1ccnc(N2CCCCC2)c1. The van der Waals surface area contributed by atoms with Crippen molar-refractivity contribution in [1.29, 1.82) is 0 Å². The number of rotatable bonds is 7. The second kappa shape index (κ2) is 8.70. The smallest absolute Gasteiger partial charge is 0.222 e. The zero-order valence-electron chi connectivity index (χ0n) is 13.3. The van der Waals surface area contributed by atoms with Gasteiger partial charge in [-0.2, -0.15) is 0 Å². The first kappa shape index (κ1) is 16.7. The van der Waals surface area contributed by atoms with Crippen molar-refractivity contribution < 1.29 is 9.53 Å². The highest BCUT2D eigenvalue weighted by molar-refractivity contribution is 5.76. The van der Waals surface area contributed by atoms with Gasteiger partial charge in [0.1, 0.15) is 5.82 Å². The van der Waals surface area contributed by atoms with Gasteiger partial charge in [-0.05, 0) is 37.0 Å². The number of nitrogens with zero attached hydrogens (tertiary/aromatic N) is 2. The molecule has 0 bridgehead atoms. The van der Waals surface area contributed by atoms with Crippen LogP contribution in [0.1, 0.15) is 31.2 Å². The van der Waals surface area contributed by atoms with E-state index in [1.165, 1.54) is 19.3 Å². The summed E-state index contributed by atoms with van der Waals surface area (Å²) in [6.45, 7) is 2.98. The molecule has 1 aliphatic rings. The third-order valence-corrected chi connectivity index (χ3v) is 3.99. The van der Waals surface area contributed by atoms with Gasteiger partial charge in [0.05, 0.1) is 12.5 Å². The summed E-state index contributed by atoms with van der Waals surface area (Å²) in [6, 6.07) is 3.99. The monoisotopic (exact) mass is 306 g/mol. The average Bonchev–Trinajstić information content (AvgIpc) is 2.59. The molecule has 2 rings (SSSR count). The molecule has 0 saturated carbocycles. The Hall–Kier alpha value is -1.66. The maximum absolute atomic E-state index is 11.9. The van der Waals surface area contributed by atoms with Crippen LogP contribution in [0.4, 0.5) is 5.82 Å². The third-order valence-electron chi connectivity index (χ3n) is 3.99. The van der Waals surface area contributed by atoms with Gasteiger partial charge >= 0.3 is 0 Å². The summed E-state index contributed by atoms with van der Waals surface area (Å²) >= 11 is 0. The summed E-state index contributed by atoms with van der Waals surface area (Å²) in [5, 5.41) is 2.91. The quantitative estimate of drug-likeness (QED) is 0.787. The molecule has 1 aromatic heterocycles. The number of pyridine rings is 1. The van der Waals surface area contributed by atoms with E-state index in [2.05, 4.69) is 21.3 Å². The number of aromatic nitrogens is 1. The standard InChI is InChI=1S/C16H26N4O2/c1-22-14(11-17)10-16(21)19-12-13-5-6-18-15(9-13)20-7-3-2-4-8-20/h5-6,9,14H,2-4,7-8,10-12,17H2,1H3,(H,19,21). The van der Waals surface area contributed by atoms with Crippen LogP contribution in [0.3, 0.4) is 0 Å². The summed E-state index contributed by atoms with van der Waals surface area (Å²) in [6.07, 6.45) is 5.62. The molecule has 2 heterocycles. The highest BCUT2D eigenvalue weighted by Crippen LogP contribution is 2.18. The minimum Gasteiger partial charge on any atom is -0.380 e. The first-order chi connectivity index (χ1) is 10.7. The largest absolute Gasteiger partial charge is 0.380 e. The van der Waals surface area contributed by atoms with Gasteiger partial charge in [0.15, 0.2) is 0 Å². The zero-order chi connectivity index (χ0) is 15.8. The number of nitrogens with two attached hydrogens (primary N) is 1. The van der Waals surface area contributed by atoms with Gasteiger partial charge < -0.3 is 20.7 Å². The molecular weight excluding hydrogens is 280 g/mol. The number of anilines is 1. The van der Waals surface area contributed by atoms with Crippen LogP contribution in [0, 0.1) is 0 Å². The summed E-state index contributed by atoms with van der Waals surface area (Å²) in [7, 11) is 1.57. The van der Waals surface area contributed by atoms with Crippen LogP contribution in [0.25, 0.3) is 0 Å². The van der Waals surface area contributed by atoms with Crippen molar-refractivity contribution >= 4 is 11.7 Å². The molecule has 1 amide bonds. The molecule has 6 nitrogen and oxygen atoms in total. The molecule has 0 aromatic carbocycles. The molecule has 6 heteroatoms. The topological polar surface area (TPSA) is 80.5 Å². The van der Waals surface area contributed by atoms with Gasteiger partial charge in [-0.3, -0.25) is 4.79 Å². The van der Waals surface area contributed by atoms with E-state index in [1.807, 2.05) is 12.3 Å². The molecule has 1 aliphatic heterocycles. The van der Waals surface area contributed by atoms with E-state index in [4.69, 9.17) is 10.5 Å². The molecule has 122 valence electrons. The van der Waals surface area contributed by atoms with Crippen LogP contribution < -0.4 is 16.0 Å². The summed E-state index contributed by atoms with van der Waals surface area (Å²) in [5.74, 6) is 0.955. The fourth-order valence-electron chi connectivity index (χ4n) is 2.61. The Morgan fingerprint density at radius 1 is 1.45 bits per heavy atom. The summed E-state index contributed by atoms with van der Waals surface area (Å²) in [4.78, 5) is 18.6. The van der Waals surface area contributed by atoms with E-state index in [0.29, 0.717) is 13.1 Å². The number of amides is 1. The van der Waals surface area contributed by atoms with E-state index >= 15 is 0 Å². The molecule has 1 unspecified atom stereocenters. The number of ether oxygens (including phenoxy) is 1. The Kier molecular flexibility index (Phi) is 6.61. The number of nitrogens with one attached hydrogen (secondary N) is 1. The van der Waals surface area contributed by atoms with E-state index in [-0.39, 0.29) is 18.4 Å². The number of hydrogen-bond acceptors (Lipinski definition) is 5. The molecule has 1 atom stereocenters. The van der Waals surface area contributed by atoms with Crippen LogP contribution in [-0.2, 0) is 16.1 Å². The number of carbonyl (C=O) groups is 1. The lowest BCUT2D eigenvalue weighted by Crippen LogP contribution is -2.32. The van der Waals surface area contributed by atoms with E-state index in [1.54, 1.807) is 7.11 Å². The van der Waals surface area contributed by atoms with Gasteiger partial charge in [-0.25, -0.2) is 4.98 Å². The fraction of sp³-hybridized carbons (Fsp3) is 0.625. The number of methoxy groups -OCH3 is 1. The number of piperidine rings is 1. The highest BCUT2D eigenvalue weighted by atomic mass is 16.5.